The molecule has 0 saturated heterocycles. The van der Waals surface area contributed by atoms with E-state index in [1.54, 1.807) is 0 Å². The van der Waals surface area contributed by atoms with Gasteiger partial charge in [-0.2, -0.15) is 8.78 Å². The second-order valence-electron chi connectivity index (χ2n) is 4.32. The summed E-state index contributed by atoms with van der Waals surface area (Å²) in [6.07, 6.45) is -3.08. The summed E-state index contributed by atoms with van der Waals surface area (Å²) in [6, 6.07) is 0. The molecule has 8 heteroatoms. The van der Waals surface area contributed by atoms with Crippen molar-refractivity contribution in [1.29, 1.82) is 5.41 Å². The predicted molar refractivity (Wildman–Crippen MR) is 52.9 cm³/mol. The molecule has 1 saturated carbocycles. The summed E-state index contributed by atoms with van der Waals surface area (Å²) in [5.74, 6) is -6.56. The van der Waals surface area contributed by atoms with Crippen LogP contribution < -0.4 is 5.32 Å². The number of hydrogen-bond acceptors (Lipinski definition) is 3. The van der Waals surface area contributed by atoms with Gasteiger partial charge >= 0.3 is 5.97 Å². The number of rotatable bonds is 5. The van der Waals surface area contributed by atoms with Crippen LogP contribution in [-0.4, -0.2) is 35.7 Å². The van der Waals surface area contributed by atoms with Crippen molar-refractivity contribution in [2.75, 3.05) is 6.54 Å². The predicted octanol–water partition coefficient (Wildman–Crippen LogP) is 1.48. The molecular formula is C10H10F4N2O2. The first kappa shape index (κ1) is 12.8. The fourth-order valence-electron chi connectivity index (χ4n) is 2.29. The molecule has 2 rings (SSSR count). The largest absolute Gasteiger partial charge is 0.480 e. The van der Waals surface area contributed by atoms with E-state index in [-0.39, 0.29) is 6.42 Å². The maximum atomic E-state index is 13.7. The third-order valence-electron chi connectivity index (χ3n) is 3.15. The highest BCUT2D eigenvalue weighted by atomic mass is 19.3. The van der Waals surface area contributed by atoms with Crippen molar-refractivity contribution < 1.29 is 27.5 Å². The zero-order chi connectivity index (χ0) is 13.7. The van der Waals surface area contributed by atoms with Crippen LogP contribution in [-0.2, 0) is 4.79 Å². The number of carbonyl (C=O) groups is 1. The molecule has 2 aliphatic carbocycles. The van der Waals surface area contributed by atoms with Crippen molar-refractivity contribution >= 4 is 11.7 Å². The van der Waals surface area contributed by atoms with Gasteiger partial charge in [0, 0.05) is 11.5 Å². The molecule has 2 aliphatic rings. The zero-order valence-electron chi connectivity index (χ0n) is 9.01. The molecule has 0 amide bonds. The van der Waals surface area contributed by atoms with Gasteiger partial charge in [-0.3, -0.25) is 10.2 Å². The van der Waals surface area contributed by atoms with Crippen LogP contribution in [0.3, 0.4) is 0 Å². The minimum Gasteiger partial charge on any atom is -0.480 e. The number of carboxylic acid groups (broad SMARTS) is 1. The Morgan fingerprint density at radius 1 is 1.56 bits per heavy atom. The van der Waals surface area contributed by atoms with Crippen LogP contribution in [0.5, 0.6) is 0 Å². The van der Waals surface area contributed by atoms with Gasteiger partial charge in [0.1, 0.15) is 12.3 Å². The zero-order valence-corrected chi connectivity index (χ0v) is 9.01. The Bertz CT molecular complexity index is 447. The van der Waals surface area contributed by atoms with Crippen molar-refractivity contribution in [3.63, 3.8) is 0 Å². The highest BCUT2D eigenvalue weighted by Crippen LogP contribution is 2.62. The molecule has 0 aromatic carbocycles. The van der Waals surface area contributed by atoms with E-state index in [2.05, 4.69) is 0 Å². The standard InChI is InChI=1S/C10H10F4N2O2/c11-9(12)7(15)6-3-1-4(3)10(13,14)8(6)16-2-5(17)18/h3-4,9,15-16H,1-2H2,(H,17,18)/t3-,4+/m0/s1. The molecule has 100 valence electrons. The fraction of sp³-hybridized carbons (Fsp3) is 0.600. The van der Waals surface area contributed by atoms with Gasteiger partial charge in [-0.25, -0.2) is 8.78 Å². The van der Waals surface area contributed by atoms with Gasteiger partial charge in [0.15, 0.2) is 0 Å². The van der Waals surface area contributed by atoms with E-state index in [0.717, 1.165) is 0 Å². The molecule has 1 fully saturated rings. The summed E-state index contributed by atoms with van der Waals surface area (Å²) >= 11 is 0. The number of fused-ring (bicyclic) bond motifs is 1. The molecule has 0 aliphatic heterocycles. The van der Waals surface area contributed by atoms with Gasteiger partial charge in [0.05, 0.1) is 5.70 Å². The summed E-state index contributed by atoms with van der Waals surface area (Å²) in [7, 11) is 0. The maximum absolute atomic E-state index is 13.7. The van der Waals surface area contributed by atoms with Crippen LogP contribution in [0.2, 0.25) is 0 Å². The van der Waals surface area contributed by atoms with Crippen LogP contribution in [0.15, 0.2) is 11.3 Å². The van der Waals surface area contributed by atoms with E-state index in [1.807, 2.05) is 5.32 Å². The molecule has 0 aromatic heterocycles. The highest BCUT2D eigenvalue weighted by molar-refractivity contribution is 6.02. The molecule has 2 atom stereocenters. The van der Waals surface area contributed by atoms with Crippen molar-refractivity contribution in [1.82, 2.24) is 5.32 Å². The van der Waals surface area contributed by atoms with E-state index in [9.17, 15) is 22.4 Å². The lowest BCUT2D eigenvalue weighted by Gasteiger charge is -2.19. The maximum Gasteiger partial charge on any atom is 0.322 e. The van der Waals surface area contributed by atoms with Crippen molar-refractivity contribution in [2.45, 2.75) is 18.8 Å². The number of hydrogen-bond donors (Lipinski definition) is 3. The average Bonchev–Trinajstić information content (AvgIpc) is 2.98. The number of carboxylic acids is 1. The normalized spacial score (nSPS) is 28.3. The summed E-state index contributed by atoms with van der Waals surface area (Å²) in [5, 5.41) is 17.6. The van der Waals surface area contributed by atoms with Gasteiger partial charge in [0.2, 0.25) is 0 Å². The van der Waals surface area contributed by atoms with Crippen LogP contribution in [0, 0.1) is 17.2 Å². The molecule has 18 heavy (non-hydrogen) atoms. The van der Waals surface area contributed by atoms with E-state index in [1.165, 1.54) is 0 Å². The lowest BCUT2D eigenvalue weighted by molar-refractivity contribution is -0.135. The van der Waals surface area contributed by atoms with E-state index in [4.69, 9.17) is 10.5 Å². The molecule has 0 spiro atoms. The topological polar surface area (TPSA) is 73.2 Å². The number of allylic oxidation sites excluding steroid dienone is 2. The van der Waals surface area contributed by atoms with E-state index < -0.39 is 53.7 Å². The van der Waals surface area contributed by atoms with Gasteiger partial charge in [-0.05, 0) is 12.3 Å². The van der Waals surface area contributed by atoms with E-state index in [0.29, 0.717) is 0 Å². The molecule has 0 aromatic rings. The van der Waals surface area contributed by atoms with Gasteiger partial charge < -0.3 is 10.4 Å². The minimum absolute atomic E-state index is 0.0652. The lowest BCUT2D eigenvalue weighted by atomic mass is 10.1. The van der Waals surface area contributed by atoms with Crippen LogP contribution >= 0.6 is 0 Å². The quantitative estimate of drug-likeness (QED) is 0.521. The molecule has 0 unspecified atom stereocenters. The lowest BCUT2D eigenvalue weighted by Crippen LogP contribution is -2.34. The second-order valence-corrected chi connectivity index (χ2v) is 4.32. The second kappa shape index (κ2) is 3.96. The van der Waals surface area contributed by atoms with Gasteiger partial charge in [-0.1, -0.05) is 0 Å². The van der Waals surface area contributed by atoms with Crippen LogP contribution in [0.4, 0.5) is 17.6 Å². The summed E-state index contributed by atoms with van der Waals surface area (Å²) in [5.41, 5.74) is -2.38. The first-order valence-electron chi connectivity index (χ1n) is 5.22. The van der Waals surface area contributed by atoms with Crippen molar-refractivity contribution in [3.8, 4) is 0 Å². The molecule has 0 heterocycles. The summed E-state index contributed by atoms with van der Waals surface area (Å²) in [4.78, 5) is 10.3. The Morgan fingerprint density at radius 2 is 2.17 bits per heavy atom. The van der Waals surface area contributed by atoms with Crippen molar-refractivity contribution in [3.05, 3.63) is 11.3 Å². The van der Waals surface area contributed by atoms with Gasteiger partial charge in [-0.15, -0.1) is 0 Å². The molecule has 0 radical (unpaired) electrons. The highest BCUT2D eigenvalue weighted by Gasteiger charge is 2.66. The average molecular weight is 266 g/mol. The first-order chi connectivity index (χ1) is 8.26. The third-order valence-corrected chi connectivity index (χ3v) is 3.15. The Hall–Kier alpha value is -1.60. The Morgan fingerprint density at radius 3 is 2.67 bits per heavy atom. The smallest absolute Gasteiger partial charge is 0.322 e. The van der Waals surface area contributed by atoms with E-state index >= 15 is 0 Å². The minimum atomic E-state index is -3.35. The number of aliphatic carboxylic acids is 1. The summed E-state index contributed by atoms with van der Waals surface area (Å²) < 4.78 is 52.3. The molecule has 0 bridgehead atoms. The molecular weight excluding hydrogens is 256 g/mol. The van der Waals surface area contributed by atoms with Crippen LogP contribution in [0.1, 0.15) is 6.42 Å². The molecule has 3 N–H and O–H groups in total. The van der Waals surface area contributed by atoms with Crippen LogP contribution in [0.25, 0.3) is 0 Å². The Kier molecular flexibility index (Phi) is 2.83. The Balaban J connectivity index is 2.31. The Labute approximate surface area is 99.2 Å². The number of nitrogens with one attached hydrogen (secondary N) is 2. The SMILES string of the molecule is N=C(C1=C(NCC(=O)O)C(F)(F)[C@@H]2C[C@H]12)C(F)F. The third kappa shape index (κ3) is 1.85. The summed E-state index contributed by atoms with van der Waals surface area (Å²) in [6.45, 7) is -0.787. The number of halogens is 4. The van der Waals surface area contributed by atoms with Gasteiger partial charge in [0.25, 0.3) is 12.3 Å². The van der Waals surface area contributed by atoms with Crippen molar-refractivity contribution in [2.24, 2.45) is 11.8 Å². The molecule has 4 nitrogen and oxygen atoms in total. The fourth-order valence-corrected chi connectivity index (χ4v) is 2.29. The monoisotopic (exact) mass is 266 g/mol. The first-order valence-corrected chi connectivity index (χ1v) is 5.22. The number of alkyl halides is 4.